The number of piperidine rings is 1. The first kappa shape index (κ1) is 20.7. The van der Waals surface area contributed by atoms with E-state index in [1.165, 1.54) is 17.0 Å². The van der Waals surface area contributed by atoms with E-state index < -0.39 is 0 Å². The van der Waals surface area contributed by atoms with Crippen molar-refractivity contribution < 1.29 is 23.5 Å². The Labute approximate surface area is 165 Å². The minimum Gasteiger partial charge on any atom is -0.375 e. The number of carbonyl (C=O) groups is 2. The van der Waals surface area contributed by atoms with Crippen LogP contribution in [0.3, 0.4) is 0 Å². The Morgan fingerprint density at radius 3 is 2.57 bits per heavy atom. The number of halogens is 1. The summed E-state index contributed by atoms with van der Waals surface area (Å²) in [4.78, 5) is 27.7. The van der Waals surface area contributed by atoms with Gasteiger partial charge in [0, 0.05) is 40.2 Å². The maximum absolute atomic E-state index is 13.0. The van der Waals surface area contributed by atoms with Crippen LogP contribution in [0.15, 0.2) is 24.3 Å². The van der Waals surface area contributed by atoms with Crippen LogP contribution in [-0.4, -0.2) is 73.7 Å². The van der Waals surface area contributed by atoms with Crippen molar-refractivity contribution in [3.8, 4) is 0 Å². The van der Waals surface area contributed by atoms with Gasteiger partial charge in [-0.15, -0.1) is 0 Å². The lowest BCUT2D eigenvalue weighted by Crippen LogP contribution is -2.52. The second-order valence-electron chi connectivity index (χ2n) is 7.93. The Morgan fingerprint density at radius 1 is 1.25 bits per heavy atom. The van der Waals surface area contributed by atoms with Gasteiger partial charge in [-0.05, 0) is 37.0 Å². The highest BCUT2D eigenvalue weighted by atomic mass is 19.1. The Morgan fingerprint density at radius 2 is 1.93 bits per heavy atom. The predicted molar refractivity (Wildman–Crippen MR) is 102 cm³/mol. The molecule has 3 rings (SSSR count). The van der Waals surface area contributed by atoms with Crippen molar-refractivity contribution in [3.05, 3.63) is 35.6 Å². The van der Waals surface area contributed by atoms with Gasteiger partial charge in [0.2, 0.25) is 11.8 Å². The van der Waals surface area contributed by atoms with E-state index in [9.17, 15) is 14.0 Å². The zero-order chi connectivity index (χ0) is 20.1. The van der Waals surface area contributed by atoms with E-state index in [1.807, 2.05) is 4.90 Å². The Kier molecular flexibility index (Phi) is 6.67. The topological polar surface area (TPSA) is 59.1 Å². The third-order valence-electron chi connectivity index (χ3n) is 5.69. The Hall–Kier alpha value is -1.99. The average molecular weight is 392 g/mol. The molecular weight excluding hydrogens is 363 g/mol. The Bertz CT molecular complexity index is 684. The SMILES string of the molecule is CN(C)C(=O)COC1CCOC2(CCN(C(=O)Cc3ccc(F)cc3)CC2)C1. The van der Waals surface area contributed by atoms with E-state index in [1.54, 1.807) is 26.2 Å². The molecule has 0 saturated carbocycles. The van der Waals surface area contributed by atoms with Gasteiger partial charge in [-0.2, -0.15) is 0 Å². The number of nitrogens with zero attached hydrogens (tertiary/aromatic N) is 2. The summed E-state index contributed by atoms with van der Waals surface area (Å²) in [5.74, 6) is -0.280. The van der Waals surface area contributed by atoms with Crippen LogP contribution in [0.1, 0.15) is 31.2 Å². The van der Waals surface area contributed by atoms with Crippen LogP contribution in [0.25, 0.3) is 0 Å². The second-order valence-corrected chi connectivity index (χ2v) is 7.93. The van der Waals surface area contributed by atoms with Crippen molar-refractivity contribution in [2.75, 3.05) is 40.4 Å². The van der Waals surface area contributed by atoms with E-state index in [0.717, 1.165) is 31.2 Å². The number of ether oxygens (including phenoxy) is 2. The Balaban J connectivity index is 1.48. The first-order chi connectivity index (χ1) is 13.4. The maximum Gasteiger partial charge on any atom is 0.248 e. The summed E-state index contributed by atoms with van der Waals surface area (Å²) in [6, 6.07) is 6.06. The van der Waals surface area contributed by atoms with Gasteiger partial charge in [0.25, 0.3) is 0 Å². The van der Waals surface area contributed by atoms with Crippen molar-refractivity contribution in [1.29, 1.82) is 0 Å². The van der Waals surface area contributed by atoms with Gasteiger partial charge in [-0.25, -0.2) is 4.39 Å². The molecular formula is C21H29FN2O4. The fourth-order valence-corrected chi connectivity index (χ4v) is 3.84. The fraction of sp³-hybridized carbons (Fsp3) is 0.619. The van der Waals surface area contributed by atoms with E-state index >= 15 is 0 Å². The molecule has 0 aliphatic carbocycles. The summed E-state index contributed by atoms with van der Waals surface area (Å²) in [5.41, 5.74) is 0.552. The molecule has 2 heterocycles. The highest BCUT2D eigenvalue weighted by molar-refractivity contribution is 5.79. The molecule has 1 atom stereocenters. The molecule has 2 fully saturated rings. The van der Waals surface area contributed by atoms with E-state index in [0.29, 0.717) is 19.7 Å². The summed E-state index contributed by atoms with van der Waals surface area (Å²) in [5, 5.41) is 0. The van der Waals surface area contributed by atoms with Crippen LogP contribution in [-0.2, 0) is 25.5 Å². The normalized spacial score (nSPS) is 21.5. The van der Waals surface area contributed by atoms with Gasteiger partial charge in [0.1, 0.15) is 12.4 Å². The standard InChI is InChI=1S/C21H29FN2O4/c1-23(2)20(26)15-27-18-7-12-28-21(14-18)8-10-24(11-9-21)19(25)13-16-3-5-17(22)6-4-16/h3-6,18H,7-15H2,1-2H3. The highest BCUT2D eigenvalue weighted by Crippen LogP contribution is 2.36. The first-order valence-electron chi connectivity index (χ1n) is 9.85. The molecule has 28 heavy (non-hydrogen) atoms. The third kappa shape index (κ3) is 5.29. The van der Waals surface area contributed by atoms with Crippen LogP contribution < -0.4 is 0 Å². The molecule has 2 saturated heterocycles. The van der Waals surface area contributed by atoms with Crippen molar-refractivity contribution in [2.24, 2.45) is 0 Å². The third-order valence-corrected chi connectivity index (χ3v) is 5.69. The largest absolute Gasteiger partial charge is 0.375 e. The van der Waals surface area contributed by atoms with Crippen molar-refractivity contribution in [3.63, 3.8) is 0 Å². The van der Waals surface area contributed by atoms with Gasteiger partial charge in [0.05, 0.1) is 18.1 Å². The highest BCUT2D eigenvalue weighted by Gasteiger charge is 2.41. The zero-order valence-electron chi connectivity index (χ0n) is 16.7. The van der Waals surface area contributed by atoms with E-state index in [2.05, 4.69) is 0 Å². The van der Waals surface area contributed by atoms with E-state index in [-0.39, 0.29) is 42.4 Å². The van der Waals surface area contributed by atoms with E-state index in [4.69, 9.17) is 9.47 Å². The molecule has 1 spiro atoms. The lowest BCUT2D eigenvalue weighted by Gasteiger charge is -2.46. The van der Waals surface area contributed by atoms with Crippen LogP contribution >= 0.6 is 0 Å². The molecule has 6 nitrogen and oxygen atoms in total. The van der Waals surface area contributed by atoms with Crippen LogP contribution in [0.4, 0.5) is 4.39 Å². The number of hydrogen-bond acceptors (Lipinski definition) is 4. The lowest BCUT2D eigenvalue weighted by molar-refractivity contribution is -0.166. The van der Waals surface area contributed by atoms with Crippen LogP contribution in [0.5, 0.6) is 0 Å². The van der Waals surface area contributed by atoms with Gasteiger partial charge < -0.3 is 19.3 Å². The molecule has 0 aromatic heterocycles. The smallest absolute Gasteiger partial charge is 0.248 e. The first-order valence-corrected chi connectivity index (χ1v) is 9.85. The number of hydrogen-bond donors (Lipinski definition) is 0. The molecule has 1 unspecified atom stereocenters. The summed E-state index contributed by atoms with van der Waals surface area (Å²) in [7, 11) is 3.44. The number of benzene rings is 1. The van der Waals surface area contributed by atoms with Gasteiger partial charge in [0.15, 0.2) is 0 Å². The summed E-state index contributed by atoms with van der Waals surface area (Å²) in [6.07, 6.45) is 3.38. The summed E-state index contributed by atoms with van der Waals surface area (Å²) in [6.45, 7) is 1.99. The van der Waals surface area contributed by atoms with Crippen molar-refractivity contribution in [1.82, 2.24) is 9.80 Å². The number of likely N-dealkylation sites (tertiary alicyclic amines) is 1. The van der Waals surface area contributed by atoms with Crippen LogP contribution in [0, 0.1) is 5.82 Å². The average Bonchev–Trinajstić information content (AvgIpc) is 2.68. The monoisotopic (exact) mass is 392 g/mol. The molecule has 154 valence electrons. The molecule has 7 heteroatoms. The molecule has 0 bridgehead atoms. The second kappa shape index (κ2) is 9.01. The van der Waals surface area contributed by atoms with Crippen molar-refractivity contribution in [2.45, 2.75) is 43.8 Å². The van der Waals surface area contributed by atoms with Gasteiger partial charge in [-0.3, -0.25) is 9.59 Å². The van der Waals surface area contributed by atoms with Gasteiger partial charge >= 0.3 is 0 Å². The zero-order valence-corrected chi connectivity index (χ0v) is 16.7. The number of amides is 2. The number of likely N-dealkylation sites (N-methyl/N-ethyl adjacent to an activating group) is 1. The summed E-state index contributed by atoms with van der Waals surface area (Å²) >= 11 is 0. The molecule has 0 N–H and O–H groups in total. The molecule has 0 radical (unpaired) electrons. The lowest BCUT2D eigenvalue weighted by atomic mass is 9.83. The predicted octanol–water partition coefficient (Wildman–Crippen LogP) is 2.01. The minimum atomic E-state index is -0.297. The number of carbonyl (C=O) groups excluding carboxylic acids is 2. The molecule has 1 aromatic rings. The van der Waals surface area contributed by atoms with Gasteiger partial charge in [-0.1, -0.05) is 12.1 Å². The quantitative estimate of drug-likeness (QED) is 0.769. The fourth-order valence-electron chi connectivity index (χ4n) is 3.84. The molecule has 2 aliphatic heterocycles. The van der Waals surface area contributed by atoms with Crippen LogP contribution in [0.2, 0.25) is 0 Å². The molecule has 2 amide bonds. The minimum absolute atomic E-state index is 0.0131. The number of rotatable bonds is 5. The summed E-state index contributed by atoms with van der Waals surface area (Å²) < 4.78 is 24.9. The van der Waals surface area contributed by atoms with Crippen molar-refractivity contribution >= 4 is 11.8 Å². The molecule has 2 aliphatic rings. The molecule has 1 aromatic carbocycles. The maximum atomic E-state index is 13.0.